The van der Waals surface area contributed by atoms with E-state index in [4.69, 9.17) is 11.6 Å². The van der Waals surface area contributed by atoms with Crippen LogP contribution in [0.5, 0.6) is 0 Å². The number of carbonyl (C=O) groups excluding carboxylic acids is 1. The molecule has 68 valence electrons. The van der Waals surface area contributed by atoms with Gasteiger partial charge in [-0.2, -0.15) is 0 Å². The fourth-order valence-electron chi connectivity index (χ4n) is 1.46. The molecule has 0 atom stereocenters. The second-order valence-electron chi connectivity index (χ2n) is 3.29. The Balaban J connectivity index is 2.36. The Bertz CT molecular complexity index is 333. The molecule has 1 aliphatic carbocycles. The molecule has 0 unspecified atom stereocenters. The zero-order valence-corrected chi connectivity index (χ0v) is 7.92. The summed E-state index contributed by atoms with van der Waals surface area (Å²) in [5.41, 5.74) is 1.83. The Hall–Kier alpha value is -0.890. The molecule has 1 saturated carbocycles. The van der Waals surface area contributed by atoms with Gasteiger partial charge < -0.3 is 0 Å². The van der Waals surface area contributed by atoms with Crippen LogP contribution in [0.4, 0.5) is 0 Å². The smallest absolute Gasteiger partial charge is 0.179 e. The molecular weight excluding hydrogens is 186 g/mol. The molecule has 0 bridgehead atoms. The van der Waals surface area contributed by atoms with Crippen molar-refractivity contribution in [1.82, 2.24) is 4.98 Å². The van der Waals surface area contributed by atoms with E-state index < -0.39 is 0 Å². The average Bonchev–Trinajstić information content (AvgIpc) is 3.00. The summed E-state index contributed by atoms with van der Waals surface area (Å²) in [6.07, 6.45) is 5.73. The molecule has 1 aromatic heterocycles. The standard InChI is InChI=1S/C10H10ClNO/c11-5-10(13)9-6-12-4-3-8(9)7-1-2-7/h3-4,6-7H,1-2,5H2. The number of halogens is 1. The fraction of sp³-hybridized carbons (Fsp3) is 0.400. The minimum absolute atomic E-state index is 0.0170. The topological polar surface area (TPSA) is 30.0 Å². The molecule has 0 radical (unpaired) electrons. The highest BCUT2D eigenvalue weighted by molar-refractivity contribution is 6.30. The molecular formula is C10H10ClNO. The van der Waals surface area contributed by atoms with Gasteiger partial charge in [-0.25, -0.2) is 0 Å². The summed E-state index contributed by atoms with van der Waals surface area (Å²) in [5.74, 6) is 0.604. The van der Waals surface area contributed by atoms with Crippen molar-refractivity contribution in [1.29, 1.82) is 0 Å². The number of carbonyl (C=O) groups is 1. The van der Waals surface area contributed by atoms with E-state index in [1.807, 2.05) is 6.07 Å². The normalized spacial score (nSPS) is 15.8. The van der Waals surface area contributed by atoms with Crippen molar-refractivity contribution in [2.45, 2.75) is 18.8 Å². The molecule has 0 amide bonds. The summed E-state index contributed by atoms with van der Waals surface area (Å²) < 4.78 is 0. The SMILES string of the molecule is O=C(CCl)c1cnccc1C1CC1. The van der Waals surface area contributed by atoms with Crippen molar-refractivity contribution >= 4 is 17.4 Å². The molecule has 0 aromatic carbocycles. The maximum absolute atomic E-state index is 11.4. The number of nitrogens with zero attached hydrogens (tertiary/aromatic N) is 1. The van der Waals surface area contributed by atoms with Crippen LogP contribution in [0.15, 0.2) is 18.5 Å². The van der Waals surface area contributed by atoms with Crippen LogP contribution in [-0.2, 0) is 0 Å². The van der Waals surface area contributed by atoms with Crippen molar-refractivity contribution < 1.29 is 4.79 Å². The zero-order valence-electron chi connectivity index (χ0n) is 7.16. The third-order valence-electron chi connectivity index (χ3n) is 2.29. The van der Waals surface area contributed by atoms with Gasteiger partial charge in [-0.3, -0.25) is 9.78 Å². The van der Waals surface area contributed by atoms with Crippen LogP contribution in [-0.4, -0.2) is 16.6 Å². The molecule has 0 aliphatic heterocycles. The maximum Gasteiger partial charge on any atom is 0.179 e. The molecule has 0 saturated heterocycles. The van der Waals surface area contributed by atoms with E-state index in [2.05, 4.69) is 4.98 Å². The lowest BCUT2D eigenvalue weighted by Crippen LogP contribution is -2.04. The largest absolute Gasteiger partial charge is 0.293 e. The van der Waals surface area contributed by atoms with E-state index >= 15 is 0 Å². The first-order chi connectivity index (χ1) is 6.33. The highest BCUT2D eigenvalue weighted by Crippen LogP contribution is 2.41. The van der Waals surface area contributed by atoms with Crippen LogP contribution in [0.1, 0.15) is 34.7 Å². The molecule has 2 nitrogen and oxygen atoms in total. The number of rotatable bonds is 3. The number of alkyl halides is 1. The minimum Gasteiger partial charge on any atom is -0.293 e. The highest BCUT2D eigenvalue weighted by atomic mass is 35.5. The third-order valence-corrected chi connectivity index (χ3v) is 2.54. The lowest BCUT2D eigenvalue weighted by molar-refractivity contribution is 0.102. The first kappa shape index (κ1) is 8.70. The second-order valence-corrected chi connectivity index (χ2v) is 3.56. The van der Waals surface area contributed by atoms with Crippen LogP contribution in [0.25, 0.3) is 0 Å². The minimum atomic E-state index is -0.0170. The van der Waals surface area contributed by atoms with Gasteiger partial charge in [0.1, 0.15) is 0 Å². The van der Waals surface area contributed by atoms with Crippen LogP contribution in [0, 0.1) is 0 Å². The molecule has 1 aromatic rings. The van der Waals surface area contributed by atoms with Gasteiger partial charge in [-0.15, -0.1) is 11.6 Å². The van der Waals surface area contributed by atoms with Gasteiger partial charge in [-0.05, 0) is 30.4 Å². The highest BCUT2D eigenvalue weighted by Gasteiger charge is 2.27. The van der Waals surface area contributed by atoms with Crippen LogP contribution in [0.3, 0.4) is 0 Å². The van der Waals surface area contributed by atoms with Crippen molar-refractivity contribution in [3.05, 3.63) is 29.6 Å². The van der Waals surface area contributed by atoms with Gasteiger partial charge in [0.25, 0.3) is 0 Å². The molecule has 0 N–H and O–H groups in total. The number of aromatic nitrogens is 1. The zero-order chi connectivity index (χ0) is 9.26. The Morgan fingerprint density at radius 1 is 1.62 bits per heavy atom. The van der Waals surface area contributed by atoms with Gasteiger partial charge in [-0.1, -0.05) is 0 Å². The maximum atomic E-state index is 11.4. The first-order valence-electron chi connectivity index (χ1n) is 4.36. The second kappa shape index (κ2) is 3.46. The summed E-state index contributed by atoms with van der Waals surface area (Å²) in [6, 6.07) is 1.93. The molecule has 3 heteroatoms. The molecule has 2 rings (SSSR count). The van der Waals surface area contributed by atoms with Gasteiger partial charge >= 0.3 is 0 Å². The molecule has 0 spiro atoms. The van der Waals surface area contributed by atoms with E-state index in [9.17, 15) is 4.79 Å². The van der Waals surface area contributed by atoms with Crippen LogP contribution >= 0.6 is 11.6 Å². The molecule has 13 heavy (non-hydrogen) atoms. The van der Waals surface area contributed by atoms with E-state index in [1.54, 1.807) is 12.4 Å². The first-order valence-corrected chi connectivity index (χ1v) is 4.89. The van der Waals surface area contributed by atoms with Gasteiger partial charge in [0, 0.05) is 18.0 Å². The molecule has 1 aliphatic rings. The predicted octanol–water partition coefficient (Wildman–Crippen LogP) is 2.38. The monoisotopic (exact) mass is 195 g/mol. The van der Waals surface area contributed by atoms with Crippen LogP contribution < -0.4 is 0 Å². The number of Topliss-reactive ketones (excluding diaryl/α,β-unsaturated/α-hetero) is 1. The Morgan fingerprint density at radius 2 is 2.38 bits per heavy atom. The van der Waals surface area contributed by atoms with Gasteiger partial charge in [0.05, 0.1) is 5.88 Å². The van der Waals surface area contributed by atoms with Crippen molar-refractivity contribution in [2.24, 2.45) is 0 Å². The Labute approximate surface area is 81.9 Å². The third kappa shape index (κ3) is 1.73. The number of pyridine rings is 1. The lowest BCUT2D eigenvalue weighted by atomic mass is 10.0. The summed E-state index contributed by atoms with van der Waals surface area (Å²) in [7, 11) is 0. The summed E-state index contributed by atoms with van der Waals surface area (Å²) in [5, 5.41) is 0. The van der Waals surface area contributed by atoms with Crippen molar-refractivity contribution in [3.63, 3.8) is 0 Å². The molecule has 1 heterocycles. The van der Waals surface area contributed by atoms with Crippen LogP contribution in [0.2, 0.25) is 0 Å². The van der Waals surface area contributed by atoms with Gasteiger partial charge in [0.15, 0.2) is 5.78 Å². The number of ketones is 1. The summed E-state index contributed by atoms with van der Waals surface area (Å²) in [4.78, 5) is 15.3. The average molecular weight is 196 g/mol. The van der Waals surface area contributed by atoms with E-state index in [-0.39, 0.29) is 11.7 Å². The Morgan fingerprint density at radius 3 is 3.00 bits per heavy atom. The van der Waals surface area contributed by atoms with Crippen molar-refractivity contribution in [2.75, 3.05) is 5.88 Å². The van der Waals surface area contributed by atoms with E-state index in [1.165, 1.54) is 12.8 Å². The van der Waals surface area contributed by atoms with E-state index in [0.717, 1.165) is 5.56 Å². The van der Waals surface area contributed by atoms with E-state index in [0.29, 0.717) is 11.5 Å². The van der Waals surface area contributed by atoms with Crippen molar-refractivity contribution in [3.8, 4) is 0 Å². The number of hydrogen-bond donors (Lipinski definition) is 0. The predicted molar refractivity (Wildman–Crippen MR) is 51.3 cm³/mol. The fourth-order valence-corrected chi connectivity index (χ4v) is 1.60. The summed E-state index contributed by atoms with van der Waals surface area (Å²) in [6.45, 7) is 0. The lowest BCUT2D eigenvalue weighted by Gasteiger charge is -2.03. The number of hydrogen-bond acceptors (Lipinski definition) is 2. The van der Waals surface area contributed by atoms with Gasteiger partial charge in [0.2, 0.25) is 0 Å². The Kier molecular flexibility index (Phi) is 2.32. The molecule has 1 fully saturated rings. The summed E-state index contributed by atoms with van der Waals surface area (Å²) >= 11 is 5.51. The quantitative estimate of drug-likeness (QED) is 0.548.